The minimum absolute atomic E-state index is 0.168. The molecule has 1 aromatic heterocycles. The topological polar surface area (TPSA) is 110 Å². The number of furan rings is 1. The summed E-state index contributed by atoms with van der Waals surface area (Å²) >= 11 is 0. The summed E-state index contributed by atoms with van der Waals surface area (Å²) in [5, 5.41) is 15.2. The summed E-state index contributed by atoms with van der Waals surface area (Å²) < 4.78 is 15.9. The van der Waals surface area contributed by atoms with Crippen molar-refractivity contribution in [2.45, 2.75) is 32.9 Å². The number of fused-ring (bicyclic) bond motifs is 1. The second-order valence-electron chi connectivity index (χ2n) is 6.30. The van der Waals surface area contributed by atoms with Crippen LogP contribution in [0.25, 0.3) is 0 Å². The van der Waals surface area contributed by atoms with Crippen LogP contribution in [0.4, 0.5) is 0 Å². The van der Waals surface area contributed by atoms with Crippen LogP contribution in [0.2, 0.25) is 0 Å². The number of rotatable bonds is 6. The predicted octanol–water partition coefficient (Wildman–Crippen LogP) is 1.48. The van der Waals surface area contributed by atoms with Gasteiger partial charge in [0.15, 0.2) is 11.5 Å². The van der Waals surface area contributed by atoms with Crippen molar-refractivity contribution in [2.24, 2.45) is 0 Å². The zero-order chi connectivity index (χ0) is 19.4. The lowest BCUT2D eigenvalue weighted by Gasteiger charge is -2.11. The number of nitrogens with one attached hydrogen (secondary N) is 2. The average molecular weight is 374 g/mol. The molecule has 0 aliphatic carbocycles. The van der Waals surface area contributed by atoms with Crippen LogP contribution in [0, 0.1) is 13.8 Å². The Balaban J connectivity index is 1.41. The minimum atomic E-state index is -0.764. The normalized spacial score (nSPS) is 13.3. The molecule has 0 radical (unpaired) electrons. The SMILES string of the molecule is Cc1cc(C(O)CCNC(=O)C(=O)NCc2ccc3c(c2)OCO3)c(C)o1. The lowest BCUT2D eigenvalue weighted by Crippen LogP contribution is -2.40. The van der Waals surface area contributed by atoms with Crippen molar-refractivity contribution in [1.29, 1.82) is 0 Å². The Kier molecular flexibility index (Phi) is 5.66. The van der Waals surface area contributed by atoms with Crippen LogP contribution in [-0.4, -0.2) is 30.3 Å². The molecule has 1 unspecified atom stereocenters. The van der Waals surface area contributed by atoms with Gasteiger partial charge in [-0.3, -0.25) is 9.59 Å². The fourth-order valence-electron chi connectivity index (χ4n) is 2.85. The molecule has 0 fully saturated rings. The highest BCUT2D eigenvalue weighted by Gasteiger charge is 2.18. The van der Waals surface area contributed by atoms with E-state index in [-0.39, 0.29) is 26.3 Å². The monoisotopic (exact) mass is 374 g/mol. The van der Waals surface area contributed by atoms with Gasteiger partial charge >= 0.3 is 11.8 Å². The van der Waals surface area contributed by atoms with Crippen LogP contribution < -0.4 is 20.1 Å². The second kappa shape index (κ2) is 8.13. The highest BCUT2D eigenvalue weighted by Crippen LogP contribution is 2.32. The van der Waals surface area contributed by atoms with Gasteiger partial charge < -0.3 is 29.6 Å². The molecule has 27 heavy (non-hydrogen) atoms. The van der Waals surface area contributed by atoms with E-state index >= 15 is 0 Å². The molecule has 2 heterocycles. The molecule has 8 heteroatoms. The highest BCUT2D eigenvalue weighted by atomic mass is 16.7. The maximum Gasteiger partial charge on any atom is 0.309 e. The molecule has 1 aromatic carbocycles. The van der Waals surface area contributed by atoms with Crippen molar-refractivity contribution in [1.82, 2.24) is 10.6 Å². The van der Waals surface area contributed by atoms with E-state index in [1.54, 1.807) is 38.1 Å². The fraction of sp³-hybridized carbons (Fsp3) is 0.368. The predicted molar refractivity (Wildman–Crippen MR) is 95.2 cm³/mol. The second-order valence-corrected chi connectivity index (χ2v) is 6.30. The number of carbonyl (C=O) groups excluding carboxylic acids is 2. The third-order valence-electron chi connectivity index (χ3n) is 4.24. The van der Waals surface area contributed by atoms with Gasteiger partial charge in [0, 0.05) is 18.7 Å². The Morgan fingerprint density at radius 3 is 2.59 bits per heavy atom. The maximum atomic E-state index is 11.9. The lowest BCUT2D eigenvalue weighted by molar-refractivity contribution is -0.139. The van der Waals surface area contributed by atoms with Crippen LogP contribution in [0.3, 0.4) is 0 Å². The van der Waals surface area contributed by atoms with Crippen LogP contribution in [0.5, 0.6) is 11.5 Å². The molecule has 3 rings (SSSR count). The number of amides is 2. The van der Waals surface area contributed by atoms with Gasteiger partial charge in [0.1, 0.15) is 11.5 Å². The highest BCUT2D eigenvalue weighted by molar-refractivity contribution is 6.35. The zero-order valence-electron chi connectivity index (χ0n) is 15.2. The molecule has 2 aromatic rings. The summed E-state index contributed by atoms with van der Waals surface area (Å²) in [4.78, 5) is 23.8. The van der Waals surface area contributed by atoms with Crippen molar-refractivity contribution < 1.29 is 28.6 Å². The van der Waals surface area contributed by atoms with Crippen LogP contribution in [0.1, 0.15) is 35.2 Å². The molecule has 144 valence electrons. The molecule has 1 atom stereocenters. The van der Waals surface area contributed by atoms with E-state index in [0.29, 0.717) is 28.6 Å². The molecule has 3 N–H and O–H groups in total. The number of carbonyl (C=O) groups is 2. The molecule has 0 saturated heterocycles. The molecule has 8 nitrogen and oxygen atoms in total. The largest absolute Gasteiger partial charge is 0.466 e. The number of benzene rings is 1. The smallest absolute Gasteiger partial charge is 0.309 e. The van der Waals surface area contributed by atoms with Crippen LogP contribution >= 0.6 is 0 Å². The summed E-state index contributed by atoms with van der Waals surface area (Å²) in [5.41, 5.74) is 1.48. The number of aliphatic hydroxyl groups is 1. The Bertz CT molecular complexity index is 845. The maximum absolute atomic E-state index is 11.9. The fourth-order valence-corrected chi connectivity index (χ4v) is 2.85. The van der Waals surface area contributed by atoms with Gasteiger partial charge in [-0.05, 0) is 44.0 Å². The Labute approximate surface area is 156 Å². The van der Waals surface area contributed by atoms with Crippen molar-refractivity contribution in [2.75, 3.05) is 13.3 Å². The van der Waals surface area contributed by atoms with E-state index in [1.165, 1.54) is 0 Å². The van der Waals surface area contributed by atoms with E-state index in [9.17, 15) is 14.7 Å². The number of hydrogen-bond donors (Lipinski definition) is 3. The van der Waals surface area contributed by atoms with Gasteiger partial charge in [-0.25, -0.2) is 0 Å². The van der Waals surface area contributed by atoms with Crippen molar-refractivity contribution in [3.05, 3.63) is 46.9 Å². The molecule has 0 spiro atoms. The molecular formula is C19H22N2O6. The van der Waals surface area contributed by atoms with Crippen LogP contribution in [0.15, 0.2) is 28.7 Å². The summed E-state index contributed by atoms with van der Waals surface area (Å²) in [7, 11) is 0. The van der Waals surface area contributed by atoms with Gasteiger partial charge in [-0.1, -0.05) is 6.07 Å². The molecule has 1 aliphatic rings. The first-order valence-corrected chi connectivity index (χ1v) is 8.63. The first kappa shape index (κ1) is 18.8. The molecular weight excluding hydrogens is 352 g/mol. The van der Waals surface area contributed by atoms with Gasteiger partial charge in [0.2, 0.25) is 6.79 Å². The first-order chi connectivity index (χ1) is 12.9. The quantitative estimate of drug-likeness (QED) is 0.661. The Morgan fingerprint density at radius 2 is 1.85 bits per heavy atom. The third kappa shape index (κ3) is 4.59. The van der Waals surface area contributed by atoms with Gasteiger partial charge in [-0.2, -0.15) is 0 Å². The van der Waals surface area contributed by atoms with Crippen molar-refractivity contribution in [3.63, 3.8) is 0 Å². The van der Waals surface area contributed by atoms with Crippen LogP contribution in [-0.2, 0) is 16.1 Å². The van der Waals surface area contributed by atoms with Crippen molar-refractivity contribution >= 4 is 11.8 Å². The van der Waals surface area contributed by atoms with E-state index in [2.05, 4.69) is 10.6 Å². The number of ether oxygens (including phenoxy) is 2. The molecule has 0 saturated carbocycles. The van der Waals surface area contributed by atoms with Gasteiger partial charge in [0.25, 0.3) is 0 Å². The zero-order valence-corrected chi connectivity index (χ0v) is 15.2. The molecule has 1 aliphatic heterocycles. The summed E-state index contributed by atoms with van der Waals surface area (Å²) in [6, 6.07) is 7.06. The minimum Gasteiger partial charge on any atom is -0.466 e. The lowest BCUT2D eigenvalue weighted by atomic mass is 10.1. The Hall–Kier alpha value is -3.00. The molecule has 0 bridgehead atoms. The molecule has 2 amide bonds. The van der Waals surface area contributed by atoms with Gasteiger partial charge in [-0.15, -0.1) is 0 Å². The number of hydrogen-bond acceptors (Lipinski definition) is 6. The average Bonchev–Trinajstić information content (AvgIpc) is 3.24. The summed E-state index contributed by atoms with van der Waals surface area (Å²) in [5.74, 6) is 1.15. The first-order valence-electron chi connectivity index (χ1n) is 8.63. The van der Waals surface area contributed by atoms with Crippen molar-refractivity contribution in [3.8, 4) is 11.5 Å². The van der Waals surface area contributed by atoms with Gasteiger partial charge in [0.05, 0.1) is 6.10 Å². The number of aliphatic hydroxyl groups excluding tert-OH is 1. The van der Waals surface area contributed by atoms with E-state index < -0.39 is 17.9 Å². The third-order valence-corrected chi connectivity index (χ3v) is 4.24. The van der Waals surface area contributed by atoms with E-state index in [0.717, 1.165) is 5.56 Å². The number of aryl methyl sites for hydroxylation is 2. The standard InChI is InChI=1S/C19H22N2O6/c1-11-7-14(12(2)27-11)15(22)5-6-20-18(23)19(24)21-9-13-3-4-16-17(8-13)26-10-25-16/h3-4,7-8,15,22H,5-6,9-10H2,1-2H3,(H,20,23)(H,21,24). The summed E-state index contributed by atoms with van der Waals surface area (Å²) in [6.45, 7) is 4.11. The Morgan fingerprint density at radius 1 is 1.11 bits per heavy atom. The van der Waals surface area contributed by atoms with E-state index in [4.69, 9.17) is 13.9 Å². The van der Waals surface area contributed by atoms with E-state index in [1.807, 2.05) is 0 Å². The summed E-state index contributed by atoms with van der Waals surface area (Å²) in [6.07, 6.45) is -0.486.